The Balaban J connectivity index is 1.19. The topological polar surface area (TPSA) is 138 Å². The number of nitrogens with one attached hydrogen (secondary N) is 1. The van der Waals surface area contributed by atoms with E-state index in [-0.39, 0.29) is 35.4 Å². The molecule has 12 nitrogen and oxygen atoms in total. The maximum absolute atomic E-state index is 14.4. The minimum absolute atomic E-state index is 0.0295. The van der Waals surface area contributed by atoms with Gasteiger partial charge in [0.2, 0.25) is 5.91 Å². The Bertz CT molecular complexity index is 2100. The lowest BCUT2D eigenvalue weighted by atomic mass is 10.0. The summed E-state index contributed by atoms with van der Waals surface area (Å²) in [5.74, 6) is -0.492. The molecular formula is C36H27Cl3N6O6S. The smallest absolute Gasteiger partial charge is 0.356 e. The van der Waals surface area contributed by atoms with E-state index in [1.165, 1.54) is 27.7 Å². The molecule has 2 amide bonds. The molecule has 0 bridgehead atoms. The molecule has 4 aromatic carbocycles. The van der Waals surface area contributed by atoms with Crippen LogP contribution < -0.4 is 14.8 Å². The fourth-order valence-corrected chi connectivity index (χ4v) is 7.61. The molecule has 2 aliphatic rings. The monoisotopic (exact) mass is 776 g/mol. The number of fused-ring (bicyclic) bond motifs is 1. The molecule has 0 saturated carbocycles. The molecule has 1 fully saturated rings. The van der Waals surface area contributed by atoms with Crippen molar-refractivity contribution in [3.8, 4) is 17.2 Å². The van der Waals surface area contributed by atoms with Crippen LogP contribution in [0.3, 0.4) is 0 Å². The van der Waals surface area contributed by atoms with Crippen LogP contribution in [0.1, 0.15) is 17.2 Å². The van der Waals surface area contributed by atoms with Crippen LogP contribution in [-0.4, -0.2) is 66.7 Å². The molecule has 0 unspecified atom stereocenters. The molecule has 1 aromatic heterocycles. The van der Waals surface area contributed by atoms with E-state index in [9.17, 15) is 14.4 Å². The SMILES string of the molecule is O=C(Cn1cnnn1)N[C@@H]1C(=O)N2C(C(=O)OC(c3ccccc3)c3ccccc3)=C(COc3cc(Cl)ccc3Oc3ccc(Cl)cc3Cl)CS[C@H]12. The number of tetrazole rings is 1. The first-order valence-corrected chi connectivity index (χ1v) is 18.0. The normalized spacial score (nSPS) is 16.6. The van der Waals surface area contributed by atoms with Crippen LogP contribution in [-0.2, 0) is 25.7 Å². The number of hydrogen-bond acceptors (Lipinski definition) is 10. The van der Waals surface area contributed by atoms with Gasteiger partial charge in [-0.2, -0.15) is 0 Å². The molecule has 0 aliphatic carbocycles. The first-order chi connectivity index (χ1) is 25.2. The largest absolute Gasteiger partial charge is 0.485 e. The van der Waals surface area contributed by atoms with Crippen molar-refractivity contribution in [1.82, 2.24) is 30.4 Å². The van der Waals surface area contributed by atoms with E-state index < -0.39 is 35.3 Å². The first-order valence-electron chi connectivity index (χ1n) is 15.8. The zero-order valence-corrected chi connectivity index (χ0v) is 30.0. The Labute approximate surface area is 316 Å². The van der Waals surface area contributed by atoms with Crippen LogP contribution in [0.25, 0.3) is 0 Å². The quantitative estimate of drug-likeness (QED) is 0.111. The zero-order valence-electron chi connectivity index (χ0n) is 26.9. The fraction of sp³-hybridized carbons (Fsp3) is 0.167. The molecule has 52 heavy (non-hydrogen) atoms. The summed E-state index contributed by atoms with van der Waals surface area (Å²) in [5, 5.41) is 14.0. The van der Waals surface area contributed by atoms with Crippen molar-refractivity contribution in [3.05, 3.63) is 141 Å². The van der Waals surface area contributed by atoms with Crippen LogP contribution in [0.2, 0.25) is 15.1 Å². The molecule has 2 atom stereocenters. The Morgan fingerprint density at radius 1 is 0.885 bits per heavy atom. The van der Waals surface area contributed by atoms with Gasteiger partial charge in [0.15, 0.2) is 17.6 Å². The number of halogens is 3. The van der Waals surface area contributed by atoms with Gasteiger partial charge in [-0.25, -0.2) is 9.48 Å². The summed E-state index contributed by atoms with van der Waals surface area (Å²) in [4.78, 5) is 42.3. The summed E-state index contributed by atoms with van der Waals surface area (Å²) < 4.78 is 19.8. The molecule has 0 spiro atoms. The number of hydrogen-bond donors (Lipinski definition) is 1. The third kappa shape index (κ3) is 7.72. The van der Waals surface area contributed by atoms with Gasteiger partial charge in [-0.1, -0.05) is 95.5 Å². The molecule has 1 saturated heterocycles. The predicted molar refractivity (Wildman–Crippen MR) is 194 cm³/mol. The van der Waals surface area contributed by atoms with Gasteiger partial charge in [0.1, 0.15) is 42.3 Å². The second kappa shape index (κ2) is 15.7. The lowest BCUT2D eigenvalue weighted by Gasteiger charge is -2.49. The maximum atomic E-state index is 14.4. The van der Waals surface area contributed by atoms with Crippen LogP contribution in [0.15, 0.2) is 115 Å². The van der Waals surface area contributed by atoms with Crippen molar-refractivity contribution in [2.45, 2.75) is 24.1 Å². The lowest BCUT2D eigenvalue weighted by molar-refractivity contribution is -0.154. The molecule has 3 heterocycles. The van der Waals surface area contributed by atoms with Crippen molar-refractivity contribution in [1.29, 1.82) is 0 Å². The van der Waals surface area contributed by atoms with Crippen LogP contribution in [0, 0.1) is 0 Å². The van der Waals surface area contributed by atoms with E-state index in [2.05, 4.69) is 20.8 Å². The standard InChI is InChI=1S/C36H27Cl3N6O6S/c37-24-11-13-27(26(39)15-24)50-28-14-12-25(38)16-29(28)49-18-23-19-52-35-31(41-30(46)17-44-20-40-42-43-44)34(47)45(35)32(23)36(48)51-33(21-7-3-1-4-8-21)22-9-5-2-6-10-22/h1-16,20,31,33,35H,17-19H2,(H,41,46)/t31-,35-/m1/s1. The van der Waals surface area contributed by atoms with Gasteiger partial charge >= 0.3 is 5.97 Å². The van der Waals surface area contributed by atoms with Crippen molar-refractivity contribution in [3.63, 3.8) is 0 Å². The number of amides is 2. The van der Waals surface area contributed by atoms with Gasteiger partial charge in [-0.05, 0) is 51.9 Å². The number of aromatic nitrogens is 4. The van der Waals surface area contributed by atoms with Gasteiger partial charge in [0.25, 0.3) is 5.91 Å². The van der Waals surface area contributed by atoms with E-state index >= 15 is 0 Å². The number of thioether (sulfide) groups is 1. The Morgan fingerprint density at radius 2 is 1.56 bits per heavy atom. The molecule has 2 aliphatic heterocycles. The van der Waals surface area contributed by atoms with E-state index in [0.717, 1.165) is 11.1 Å². The van der Waals surface area contributed by atoms with Crippen LogP contribution in [0.4, 0.5) is 0 Å². The van der Waals surface area contributed by atoms with Gasteiger partial charge in [-0.3, -0.25) is 14.5 Å². The summed E-state index contributed by atoms with van der Waals surface area (Å²) in [6.07, 6.45) is 0.515. The minimum atomic E-state index is -0.893. The summed E-state index contributed by atoms with van der Waals surface area (Å²) in [5.41, 5.74) is 1.99. The number of rotatable bonds is 12. The summed E-state index contributed by atoms with van der Waals surface area (Å²) in [6, 6.07) is 27.4. The molecular weight excluding hydrogens is 751 g/mol. The minimum Gasteiger partial charge on any atom is -0.485 e. The molecule has 16 heteroatoms. The Morgan fingerprint density at radius 3 is 2.21 bits per heavy atom. The van der Waals surface area contributed by atoms with E-state index in [4.69, 9.17) is 49.0 Å². The second-order valence-electron chi connectivity index (χ2n) is 11.6. The summed E-state index contributed by atoms with van der Waals surface area (Å²) in [7, 11) is 0. The Kier molecular flexibility index (Phi) is 10.6. The van der Waals surface area contributed by atoms with E-state index in [1.807, 2.05) is 60.7 Å². The average Bonchev–Trinajstić information content (AvgIpc) is 3.67. The number of esters is 1. The highest BCUT2D eigenvalue weighted by Gasteiger charge is 2.54. The zero-order chi connectivity index (χ0) is 36.2. The Hall–Kier alpha value is -5.08. The second-order valence-corrected chi connectivity index (χ2v) is 14.0. The molecule has 0 radical (unpaired) electrons. The van der Waals surface area contributed by atoms with Crippen molar-refractivity contribution < 1.29 is 28.6 Å². The third-order valence-electron chi connectivity index (χ3n) is 8.11. The highest BCUT2D eigenvalue weighted by atomic mass is 35.5. The van der Waals surface area contributed by atoms with E-state index in [1.54, 1.807) is 36.4 Å². The number of nitrogens with zero attached hydrogens (tertiary/aromatic N) is 5. The van der Waals surface area contributed by atoms with E-state index in [0.29, 0.717) is 27.1 Å². The van der Waals surface area contributed by atoms with Crippen molar-refractivity contribution >= 4 is 64.3 Å². The van der Waals surface area contributed by atoms with Crippen LogP contribution >= 0.6 is 46.6 Å². The summed E-state index contributed by atoms with van der Waals surface area (Å²) >= 11 is 20.2. The van der Waals surface area contributed by atoms with Gasteiger partial charge in [-0.15, -0.1) is 16.9 Å². The van der Waals surface area contributed by atoms with Crippen molar-refractivity contribution in [2.24, 2.45) is 0 Å². The number of carbonyl (C=O) groups is 3. The number of β-lactam (4-membered cyclic amide) rings is 1. The third-order valence-corrected chi connectivity index (χ3v) is 10.2. The molecule has 7 rings (SSSR count). The molecule has 1 N–H and O–H groups in total. The van der Waals surface area contributed by atoms with Gasteiger partial charge in [0, 0.05) is 27.4 Å². The van der Waals surface area contributed by atoms with Gasteiger partial charge < -0.3 is 19.5 Å². The first kappa shape index (κ1) is 35.3. The number of carbonyl (C=O) groups excluding carboxylic acids is 3. The summed E-state index contributed by atoms with van der Waals surface area (Å²) in [6.45, 7) is -0.310. The fourth-order valence-electron chi connectivity index (χ4n) is 5.67. The van der Waals surface area contributed by atoms with Gasteiger partial charge in [0.05, 0.1) is 5.02 Å². The lowest BCUT2D eigenvalue weighted by Crippen LogP contribution is -2.71. The number of ether oxygens (including phenoxy) is 3. The van der Waals surface area contributed by atoms with Crippen LogP contribution in [0.5, 0.6) is 17.2 Å². The number of benzene rings is 4. The highest BCUT2D eigenvalue weighted by Crippen LogP contribution is 2.43. The predicted octanol–water partition coefficient (Wildman–Crippen LogP) is 6.49. The van der Waals surface area contributed by atoms with Crippen molar-refractivity contribution in [2.75, 3.05) is 12.4 Å². The molecule has 5 aromatic rings. The highest BCUT2D eigenvalue weighted by molar-refractivity contribution is 8.00. The molecule has 264 valence electrons. The average molecular weight is 778 g/mol. The maximum Gasteiger partial charge on any atom is 0.356 e.